The van der Waals surface area contributed by atoms with Crippen molar-refractivity contribution in [2.45, 2.75) is 51.6 Å². The Balaban J connectivity index is 1.47. The summed E-state index contributed by atoms with van der Waals surface area (Å²) in [6.07, 6.45) is 7.66. The molecule has 3 aliphatic rings. The maximum atomic E-state index is 13.8. The van der Waals surface area contributed by atoms with Crippen LogP contribution in [0.1, 0.15) is 48.7 Å². The van der Waals surface area contributed by atoms with Crippen molar-refractivity contribution in [2.24, 2.45) is 15.8 Å². The zero-order chi connectivity index (χ0) is 24.7. The number of fused-ring (bicyclic) bond motifs is 1. The molecular weight excluding hydrogens is 445 g/mol. The van der Waals surface area contributed by atoms with E-state index in [0.717, 1.165) is 66.6 Å². The average molecular weight is 478 g/mol. The summed E-state index contributed by atoms with van der Waals surface area (Å²) in [4.78, 5) is 25.9. The van der Waals surface area contributed by atoms with Gasteiger partial charge in [-0.3, -0.25) is 4.79 Å². The number of hydrazone groups is 1. The Morgan fingerprint density at radius 2 is 2.11 bits per heavy atom. The van der Waals surface area contributed by atoms with Gasteiger partial charge < -0.3 is 20.5 Å². The summed E-state index contributed by atoms with van der Waals surface area (Å²) in [6, 6.07) is 4.55. The Labute approximate surface area is 204 Å². The number of halogens is 1. The van der Waals surface area contributed by atoms with Crippen molar-refractivity contribution >= 4 is 29.4 Å². The topological polar surface area (TPSA) is 93.3 Å². The molecular formula is C26H32FN7O. The van der Waals surface area contributed by atoms with Crippen LogP contribution in [0.3, 0.4) is 0 Å². The highest BCUT2D eigenvalue weighted by Gasteiger charge is 2.31. The number of aromatic amines is 1. The van der Waals surface area contributed by atoms with Crippen molar-refractivity contribution in [3.8, 4) is 0 Å². The van der Waals surface area contributed by atoms with Gasteiger partial charge in [0.25, 0.3) is 5.91 Å². The molecule has 3 aliphatic heterocycles. The molecule has 0 radical (unpaired) electrons. The predicted molar refractivity (Wildman–Crippen MR) is 136 cm³/mol. The predicted octanol–water partition coefficient (Wildman–Crippen LogP) is 3.72. The third-order valence-corrected chi connectivity index (χ3v) is 7.19. The summed E-state index contributed by atoms with van der Waals surface area (Å²) in [5.74, 6) is 1.15. The van der Waals surface area contributed by atoms with Gasteiger partial charge in [-0.05, 0) is 69.4 Å². The number of H-pyrrole nitrogens is 1. The van der Waals surface area contributed by atoms with Crippen LogP contribution in [-0.2, 0) is 0 Å². The molecule has 1 aromatic carbocycles. The number of amides is 1. The molecule has 9 heteroatoms. The third kappa shape index (κ3) is 4.36. The molecule has 0 spiro atoms. The van der Waals surface area contributed by atoms with E-state index in [1.165, 1.54) is 12.1 Å². The molecule has 0 saturated carbocycles. The van der Waals surface area contributed by atoms with Crippen LogP contribution in [0.4, 0.5) is 4.39 Å². The molecule has 2 fully saturated rings. The van der Waals surface area contributed by atoms with Crippen LogP contribution in [0.2, 0.25) is 0 Å². The molecule has 1 aromatic heterocycles. The molecule has 2 saturated heterocycles. The van der Waals surface area contributed by atoms with Gasteiger partial charge in [0.15, 0.2) is 5.82 Å². The number of nitrogens with zero attached hydrogens (tertiary/aromatic N) is 5. The van der Waals surface area contributed by atoms with E-state index in [4.69, 9.17) is 10.7 Å². The van der Waals surface area contributed by atoms with E-state index >= 15 is 0 Å². The van der Waals surface area contributed by atoms with Crippen molar-refractivity contribution in [3.63, 3.8) is 0 Å². The molecule has 4 heterocycles. The van der Waals surface area contributed by atoms with Gasteiger partial charge in [-0.2, -0.15) is 5.10 Å². The number of piperidine rings is 1. The van der Waals surface area contributed by atoms with Crippen molar-refractivity contribution in [2.75, 3.05) is 19.6 Å². The second kappa shape index (κ2) is 9.30. The van der Waals surface area contributed by atoms with Gasteiger partial charge in [0, 0.05) is 55.1 Å². The van der Waals surface area contributed by atoms with Gasteiger partial charge in [0.1, 0.15) is 17.3 Å². The first kappa shape index (κ1) is 23.3. The van der Waals surface area contributed by atoms with Crippen LogP contribution in [0.25, 0.3) is 10.9 Å². The zero-order valence-electron chi connectivity index (χ0n) is 20.3. The van der Waals surface area contributed by atoms with E-state index in [-0.39, 0.29) is 23.8 Å². The molecule has 35 heavy (non-hydrogen) atoms. The Morgan fingerprint density at radius 3 is 2.86 bits per heavy atom. The summed E-state index contributed by atoms with van der Waals surface area (Å²) in [5.41, 5.74) is 9.16. The summed E-state index contributed by atoms with van der Waals surface area (Å²) in [6.45, 7) is 9.87. The first-order valence-electron chi connectivity index (χ1n) is 12.2. The molecule has 1 unspecified atom stereocenters. The molecule has 0 bridgehead atoms. The Kier molecular flexibility index (Phi) is 6.19. The molecule has 0 aliphatic carbocycles. The average Bonchev–Trinajstić information content (AvgIpc) is 3.42. The molecule has 5 rings (SSSR count). The lowest BCUT2D eigenvalue weighted by Crippen LogP contribution is -2.43. The van der Waals surface area contributed by atoms with Gasteiger partial charge in [-0.1, -0.05) is 0 Å². The smallest absolute Gasteiger partial charge is 0.271 e. The van der Waals surface area contributed by atoms with Gasteiger partial charge >= 0.3 is 0 Å². The first-order chi connectivity index (χ1) is 16.9. The molecule has 2 aromatic rings. The second-order valence-electron chi connectivity index (χ2n) is 9.63. The number of aliphatic imine (C=N–C) groups is 1. The minimum atomic E-state index is -0.315. The monoisotopic (exact) mass is 477 g/mol. The number of carbonyl (C=O) groups is 1. The minimum Gasteiger partial charge on any atom is -0.355 e. The van der Waals surface area contributed by atoms with E-state index in [9.17, 15) is 9.18 Å². The number of aromatic nitrogens is 1. The van der Waals surface area contributed by atoms with Crippen LogP contribution in [0.15, 0.2) is 52.0 Å². The van der Waals surface area contributed by atoms with Crippen LogP contribution < -0.4 is 5.73 Å². The number of hydrogen-bond acceptors (Lipinski definition) is 6. The number of nitrogens with two attached hydrogens (primary N) is 1. The fraction of sp³-hybridized carbons (Fsp3) is 0.423. The summed E-state index contributed by atoms with van der Waals surface area (Å²) in [5, 5.41) is 6.54. The number of carbonyl (C=O) groups excluding carboxylic acids is 1. The van der Waals surface area contributed by atoms with E-state index in [2.05, 4.69) is 21.7 Å². The molecule has 1 amide bonds. The van der Waals surface area contributed by atoms with Crippen molar-refractivity contribution in [3.05, 3.63) is 58.9 Å². The normalized spacial score (nSPS) is 24.2. The van der Waals surface area contributed by atoms with Gasteiger partial charge in [0.05, 0.1) is 6.04 Å². The maximum Gasteiger partial charge on any atom is 0.271 e. The highest BCUT2D eigenvalue weighted by molar-refractivity contribution is 6.01. The van der Waals surface area contributed by atoms with E-state index < -0.39 is 0 Å². The fourth-order valence-electron chi connectivity index (χ4n) is 5.29. The lowest BCUT2D eigenvalue weighted by atomic mass is 10.0. The molecule has 2 atom stereocenters. The summed E-state index contributed by atoms with van der Waals surface area (Å²) >= 11 is 0. The Morgan fingerprint density at radius 1 is 1.29 bits per heavy atom. The van der Waals surface area contributed by atoms with Gasteiger partial charge in [-0.15, -0.1) is 0 Å². The quantitative estimate of drug-likeness (QED) is 0.659. The fourth-order valence-corrected chi connectivity index (χ4v) is 5.29. The number of amidine groups is 1. The summed E-state index contributed by atoms with van der Waals surface area (Å²) in [7, 11) is 0. The summed E-state index contributed by atoms with van der Waals surface area (Å²) < 4.78 is 13.8. The zero-order valence-corrected chi connectivity index (χ0v) is 20.3. The number of nitrogens with one attached hydrogen (secondary N) is 1. The number of likely N-dealkylation sites (tertiary alicyclic amines) is 2. The maximum absolute atomic E-state index is 13.8. The Bertz CT molecular complexity index is 1260. The lowest BCUT2D eigenvalue weighted by Gasteiger charge is -2.35. The van der Waals surface area contributed by atoms with Crippen molar-refractivity contribution < 1.29 is 9.18 Å². The third-order valence-electron chi connectivity index (χ3n) is 7.19. The van der Waals surface area contributed by atoms with Crippen LogP contribution in [-0.4, -0.2) is 70.0 Å². The molecule has 3 N–H and O–H groups in total. The first-order valence-corrected chi connectivity index (χ1v) is 12.2. The van der Waals surface area contributed by atoms with E-state index in [0.29, 0.717) is 18.1 Å². The molecule has 184 valence electrons. The number of aryl methyl sites for hydroxylation is 1. The SMILES string of the molecule is C=NN1C=C(C)C(N2CC[C@H](N)C2)=N/C1=C/C1CCCCN1C(=O)c1[nH]c2ccc(F)cc2c1C. The number of benzene rings is 1. The van der Waals surface area contributed by atoms with E-state index in [1.54, 1.807) is 11.1 Å². The van der Waals surface area contributed by atoms with Crippen LogP contribution in [0.5, 0.6) is 0 Å². The highest BCUT2D eigenvalue weighted by Crippen LogP contribution is 2.29. The van der Waals surface area contributed by atoms with Crippen LogP contribution in [0, 0.1) is 12.7 Å². The van der Waals surface area contributed by atoms with Crippen molar-refractivity contribution in [1.29, 1.82) is 0 Å². The second-order valence-corrected chi connectivity index (χ2v) is 9.63. The number of rotatable bonds is 3. The number of hydrogen-bond donors (Lipinski definition) is 2. The standard InChI is InChI=1S/C26H32FN7O/c1-16-14-34(29-3)23(31-25(16)32-11-9-19(28)15-32)13-20-6-4-5-10-33(20)26(35)24-17(2)21-12-18(27)7-8-22(21)30-24/h7-8,12-14,19-20,30H,3-6,9-11,15,28H2,1-2H3/b23-13-/t19-,20?/m0/s1. The minimum absolute atomic E-state index is 0.0870. The Hall–Kier alpha value is -3.46. The largest absolute Gasteiger partial charge is 0.355 e. The van der Waals surface area contributed by atoms with Crippen molar-refractivity contribution in [1.82, 2.24) is 19.8 Å². The van der Waals surface area contributed by atoms with Crippen LogP contribution >= 0.6 is 0 Å². The highest BCUT2D eigenvalue weighted by atomic mass is 19.1. The lowest BCUT2D eigenvalue weighted by molar-refractivity contribution is 0.0656. The molecule has 8 nitrogen and oxygen atoms in total. The van der Waals surface area contributed by atoms with E-state index in [1.807, 2.05) is 31.0 Å². The van der Waals surface area contributed by atoms with Gasteiger partial charge in [-0.25, -0.2) is 14.4 Å². The van der Waals surface area contributed by atoms with Gasteiger partial charge in [0.2, 0.25) is 0 Å².